The SMILES string of the molecule is Cc1c(N(Cc2ccnn2CC2CCC2)C(=O)CCl)cnn1C. The van der Waals surface area contributed by atoms with Gasteiger partial charge in [0.1, 0.15) is 5.88 Å². The van der Waals surface area contributed by atoms with Gasteiger partial charge in [0.25, 0.3) is 0 Å². The minimum absolute atomic E-state index is 0.0505. The van der Waals surface area contributed by atoms with E-state index in [0.29, 0.717) is 12.5 Å². The molecule has 0 unspecified atom stereocenters. The zero-order chi connectivity index (χ0) is 16.4. The number of hydrogen-bond acceptors (Lipinski definition) is 3. The number of aromatic nitrogens is 4. The lowest BCUT2D eigenvalue weighted by Crippen LogP contribution is -2.33. The molecule has 1 saturated carbocycles. The van der Waals surface area contributed by atoms with E-state index in [4.69, 9.17) is 11.6 Å². The lowest BCUT2D eigenvalue weighted by Gasteiger charge is -2.27. The average Bonchev–Trinajstić information content (AvgIpc) is 3.08. The summed E-state index contributed by atoms with van der Waals surface area (Å²) in [4.78, 5) is 14.0. The van der Waals surface area contributed by atoms with E-state index >= 15 is 0 Å². The molecule has 0 aromatic carbocycles. The van der Waals surface area contributed by atoms with E-state index < -0.39 is 0 Å². The van der Waals surface area contributed by atoms with Crippen LogP contribution < -0.4 is 4.90 Å². The van der Waals surface area contributed by atoms with Crippen LogP contribution in [0.5, 0.6) is 0 Å². The van der Waals surface area contributed by atoms with Crippen LogP contribution in [-0.4, -0.2) is 31.3 Å². The number of halogens is 1. The van der Waals surface area contributed by atoms with Crippen LogP contribution in [0.3, 0.4) is 0 Å². The molecular formula is C16H22ClN5O. The molecule has 0 atom stereocenters. The van der Waals surface area contributed by atoms with E-state index in [1.54, 1.807) is 22.0 Å². The zero-order valence-corrected chi connectivity index (χ0v) is 14.3. The predicted octanol–water partition coefficient (Wildman–Crippen LogP) is 2.50. The quantitative estimate of drug-likeness (QED) is 0.762. The molecular weight excluding hydrogens is 314 g/mol. The fourth-order valence-corrected chi connectivity index (χ4v) is 3.02. The second-order valence-electron chi connectivity index (χ2n) is 6.15. The Morgan fingerprint density at radius 1 is 1.43 bits per heavy atom. The maximum Gasteiger partial charge on any atom is 0.242 e. The largest absolute Gasteiger partial charge is 0.302 e. The normalized spacial score (nSPS) is 14.7. The number of nitrogens with zero attached hydrogens (tertiary/aromatic N) is 5. The third-order valence-corrected chi connectivity index (χ3v) is 4.92. The van der Waals surface area contributed by atoms with E-state index in [9.17, 15) is 4.79 Å². The number of aryl methyl sites for hydroxylation is 1. The molecule has 1 aliphatic rings. The van der Waals surface area contributed by atoms with Crippen molar-refractivity contribution in [3.63, 3.8) is 0 Å². The van der Waals surface area contributed by atoms with Crippen molar-refractivity contribution in [2.75, 3.05) is 10.8 Å². The molecule has 0 bridgehead atoms. The van der Waals surface area contributed by atoms with Crippen molar-refractivity contribution in [1.82, 2.24) is 19.6 Å². The van der Waals surface area contributed by atoms with Gasteiger partial charge in [0.05, 0.1) is 29.8 Å². The lowest BCUT2D eigenvalue weighted by atomic mass is 9.85. The molecule has 124 valence electrons. The van der Waals surface area contributed by atoms with Gasteiger partial charge in [0.15, 0.2) is 0 Å². The lowest BCUT2D eigenvalue weighted by molar-refractivity contribution is -0.116. The van der Waals surface area contributed by atoms with Gasteiger partial charge in [0, 0.05) is 19.8 Å². The van der Waals surface area contributed by atoms with Crippen LogP contribution in [0.2, 0.25) is 0 Å². The van der Waals surface area contributed by atoms with Gasteiger partial charge in [-0.3, -0.25) is 14.2 Å². The number of rotatable bonds is 6. The van der Waals surface area contributed by atoms with Gasteiger partial charge < -0.3 is 4.90 Å². The minimum atomic E-state index is -0.126. The Morgan fingerprint density at radius 3 is 2.78 bits per heavy atom. The molecule has 2 aromatic heterocycles. The molecule has 0 saturated heterocycles. The van der Waals surface area contributed by atoms with Crippen molar-refractivity contribution in [2.24, 2.45) is 13.0 Å². The molecule has 0 N–H and O–H groups in total. The summed E-state index contributed by atoms with van der Waals surface area (Å²) in [6, 6.07) is 1.97. The van der Waals surface area contributed by atoms with Crippen molar-refractivity contribution in [3.8, 4) is 0 Å². The molecule has 0 aliphatic heterocycles. The molecule has 7 heteroatoms. The van der Waals surface area contributed by atoms with Crippen LogP contribution in [0, 0.1) is 12.8 Å². The van der Waals surface area contributed by atoms with Gasteiger partial charge in [-0.1, -0.05) is 6.42 Å². The number of hydrogen-bond donors (Lipinski definition) is 0. The summed E-state index contributed by atoms with van der Waals surface area (Å²) in [6.45, 7) is 3.34. The van der Waals surface area contributed by atoms with E-state index in [1.807, 2.05) is 24.7 Å². The van der Waals surface area contributed by atoms with Crippen molar-refractivity contribution >= 4 is 23.2 Å². The highest BCUT2D eigenvalue weighted by atomic mass is 35.5. The zero-order valence-electron chi connectivity index (χ0n) is 13.6. The summed E-state index contributed by atoms with van der Waals surface area (Å²) in [7, 11) is 1.86. The number of anilines is 1. The van der Waals surface area contributed by atoms with Crippen LogP contribution in [0.4, 0.5) is 5.69 Å². The molecule has 3 rings (SSSR count). The Morgan fingerprint density at radius 2 is 2.22 bits per heavy atom. The van der Waals surface area contributed by atoms with Crippen LogP contribution >= 0.6 is 11.6 Å². The van der Waals surface area contributed by atoms with E-state index in [2.05, 4.69) is 10.2 Å². The second kappa shape index (κ2) is 6.74. The van der Waals surface area contributed by atoms with Gasteiger partial charge in [-0.05, 0) is 31.7 Å². The monoisotopic (exact) mass is 335 g/mol. The third kappa shape index (κ3) is 3.27. The Hall–Kier alpha value is -1.82. The fraction of sp³-hybridized carbons (Fsp3) is 0.562. The van der Waals surface area contributed by atoms with E-state index in [0.717, 1.165) is 23.6 Å². The van der Waals surface area contributed by atoms with E-state index in [-0.39, 0.29) is 11.8 Å². The van der Waals surface area contributed by atoms with Gasteiger partial charge >= 0.3 is 0 Å². The van der Waals surface area contributed by atoms with Gasteiger partial charge in [-0.15, -0.1) is 11.6 Å². The third-order valence-electron chi connectivity index (χ3n) is 4.70. The maximum atomic E-state index is 12.3. The first-order valence-electron chi connectivity index (χ1n) is 7.95. The molecule has 0 radical (unpaired) electrons. The van der Waals surface area contributed by atoms with Crippen molar-refractivity contribution in [2.45, 2.75) is 39.3 Å². The summed E-state index contributed by atoms with van der Waals surface area (Å²) in [5.74, 6) is 0.538. The summed E-state index contributed by atoms with van der Waals surface area (Å²) in [5.41, 5.74) is 2.77. The average molecular weight is 336 g/mol. The van der Waals surface area contributed by atoms with Gasteiger partial charge in [-0.2, -0.15) is 10.2 Å². The summed E-state index contributed by atoms with van der Waals surface area (Å²) in [5, 5.41) is 8.66. The Balaban J connectivity index is 1.83. The molecule has 2 aromatic rings. The second-order valence-corrected chi connectivity index (χ2v) is 6.42. The standard InChI is InChI=1S/C16H22ClN5O/c1-12-15(9-19-20(12)2)21(16(23)8-17)11-14-6-7-18-22(14)10-13-4-3-5-13/h6-7,9,13H,3-5,8,10-11H2,1-2H3. The fourth-order valence-electron chi connectivity index (χ4n) is 2.87. The molecule has 6 nitrogen and oxygen atoms in total. The molecule has 2 heterocycles. The first-order chi connectivity index (χ1) is 11.1. The first kappa shape index (κ1) is 16.1. The molecule has 1 fully saturated rings. The number of amides is 1. The molecule has 1 amide bonds. The number of carbonyl (C=O) groups is 1. The highest BCUT2D eigenvalue weighted by Gasteiger charge is 2.23. The van der Waals surface area contributed by atoms with Crippen molar-refractivity contribution in [3.05, 3.63) is 29.8 Å². The highest BCUT2D eigenvalue weighted by molar-refractivity contribution is 6.29. The summed E-state index contributed by atoms with van der Waals surface area (Å²) in [6.07, 6.45) is 7.36. The number of carbonyl (C=O) groups excluding carboxylic acids is 1. The molecule has 1 aliphatic carbocycles. The smallest absolute Gasteiger partial charge is 0.242 e. The van der Waals surface area contributed by atoms with Crippen LogP contribution in [0.1, 0.15) is 30.7 Å². The van der Waals surface area contributed by atoms with Crippen molar-refractivity contribution in [1.29, 1.82) is 0 Å². The Labute approximate surface area is 141 Å². The van der Waals surface area contributed by atoms with E-state index in [1.165, 1.54) is 19.3 Å². The summed E-state index contributed by atoms with van der Waals surface area (Å²) >= 11 is 5.81. The minimum Gasteiger partial charge on any atom is -0.302 e. The number of alkyl halides is 1. The Kier molecular flexibility index (Phi) is 4.71. The molecule has 23 heavy (non-hydrogen) atoms. The van der Waals surface area contributed by atoms with Gasteiger partial charge in [-0.25, -0.2) is 0 Å². The molecule has 0 spiro atoms. The van der Waals surface area contributed by atoms with Crippen LogP contribution in [0.15, 0.2) is 18.5 Å². The van der Waals surface area contributed by atoms with Crippen LogP contribution in [-0.2, 0) is 24.9 Å². The highest BCUT2D eigenvalue weighted by Crippen LogP contribution is 2.28. The van der Waals surface area contributed by atoms with Crippen molar-refractivity contribution < 1.29 is 4.79 Å². The van der Waals surface area contributed by atoms with Crippen LogP contribution in [0.25, 0.3) is 0 Å². The topological polar surface area (TPSA) is 56.0 Å². The maximum absolute atomic E-state index is 12.3. The first-order valence-corrected chi connectivity index (χ1v) is 8.49. The predicted molar refractivity (Wildman–Crippen MR) is 89.4 cm³/mol. The summed E-state index contributed by atoms with van der Waals surface area (Å²) < 4.78 is 3.78. The Bertz CT molecular complexity index is 688. The van der Waals surface area contributed by atoms with Gasteiger partial charge in [0.2, 0.25) is 5.91 Å².